The Bertz CT molecular complexity index is 521. The summed E-state index contributed by atoms with van der Waals surface area (Å²) >= 11 is 0. The molecule has 20 heavy (non-hydrogen) atoms. The van der Waals surface area contributed by atoms with Gasteiger partial charge in [-0.3, -0.25) is 10.1 Å². The maximum Gasteiger partial charge on any atom is 0.249 e. The molecule has 0 saturated heterocycles. The van der Waals surface area contributed by atoms with Crippen molar-refractivity contribution < 1.29 is 14.4 Å². The fraction of sp³-hybridized carbons (Fsp3) is 0.333. The van der Waals surface area contributed by atoms with Crippen LogP contribution in [-0.4, -0.2) is 18.6 Å². The SMILES string of the molecule is C=CCOc1ccc(/C=C(/C(C)C)[N+](=O)[O-])cc1OC. The Labute approximate surface area is 118 Å². The van der Waals surface area contributed by atoms with Crippen LogP contribution in [0.5, 0.6) is 11.5 Å². The molecule has 108 valence electrons. The van der Waals surface area contributed by atoms with Crippen LogP contribution in [0.25, 0.3) is 6.08 Å². The number of hydrogen-bond donors (Lipinski definition) is 0. The molecule has 0 saturated carbocycles. The summed E-state index contributed by atoms with van der Waals surface area (Å²) < 4.78 is 10.7. The minimum absolute atomic E-state index is 0.159. The van der Waals surface area contributed by atoms with Crippen molar-refractivity contribution in [1.29, 1.82) is 0 Å². The molecular weight excluding hydrogens is 258 g/mol. The van der Waals surface area contributed by atoms with Gasteiger partial charge in [0, 0.05) is 12.0 Å². The summed E-state index contributed by atoms with van der Waals surface area (Å²) in [7, 11) is 1.53. The van der Waals surface area contributed by atoms with E-state index in [-0.39, 0.29) is 16.5 Å². The summed E-state index contributed by atoms with van der Waals surface area (Å²) in [4.78, 5) is 10.6. The summed E-state index contributed by atoms with van der Waals surface area (Å²) in [6.07, 6.45) is 3.18. The van der Waals surface area contributed by atoms with E-state index < -0.39 is 0 Å². The normalized spacial score (nSPS) is 11.3. The van der Waals surface area contributed by atoms with Crippen LogP contribution >= 0.6 is 0 Å². The number of rotatable bonds is 7. The first-order valence-electron chi connectivity index (χ1n) is 6.27. The molecule has 0 amide bonds. The van der Waals surface area contributed by atoms with E-state index in [1.54, 1.807) is 44.2 Å². The summed E-state index contributed by atoms with van der Waals surface area (Å²) in [6.45, 7) is 7.52. The lowest BCUT2D eigenvalue weighted by Crippen LogP contribution is -2.05. The van der Waals surface area contributed by atoms with Gasteiger partial charge < -0.3 is 9.47 Å². The lowest BCUT2D eigenvalue weighted by Gasteiger charge is -2.10. The number of nitrogens with zero attached hydrogens (tertiary/aromatic N) is 1. The average Bonchev–Trinajstić information content (AvgIpc) is 2.42. The zero-order valence-electron chi connectivity index (χ0n) is 12.0. The summed E-state index contributed by atoms with van der Waals surface area (Å²) in [6, 6.07) is 5.20. The molecule has 0 bridgehead atoms. The molecule has 0 heterocycles. The van der Waals surface area contributed by atoms with E-state index in [1.807, 2.05) is 0 Å². The molecule has 0 aliphatic carbocycles. The number of allylic oxidation sites excluding steroid dienone is 1. The minimum atomic E-state index is -0.362. The Balaban J connectivity index is 3.11. The lowest BCUT2D eigenvalue weighted by atomic mass is 10.1. The Morgan fingerprint density at radius 1 is 1.45 bits per heavy atom. The van der Waals surface area contributed by atoms with Gasteiger partial charge in [-0.2, -0.15) is 0 Å². The van der Waals surface area contributed by atoms with E-state index in [1.165, 1.54) is 7.11 Å². The highest BCUT2D eigenvalue weighted by molar-refractivity contribution is 5.57. The van der Waals surface area contributed by atoms with Crippen molar-refractivity contribution in [3.8, 4) is 11.5 Å². The van der Waals surface area contributed by atoms with Crippen LogP contribution in [0.15, 0.2) is 36.6 Å². The maximum absolute atomic E-state index is 11.0. The Hall–Kier alpha value is -2.30. The molecule has 1 aromatic carbocycles. The van der Waals surface area contributed by atoms with E-state index in [9.17, 15) is 10.1 Å². The molecular formula is C15H19NO4. The standard InChI is InChI=1S/C15H19NO4/c1-5-8-20-14-7-6-12(10-15(14)19-4)9-13(11(2)3)16(17)18/h5-7,9-11H,1,8H2,2-4H3/b13-9-. The van der Waals surface area contributed by atoms with Gasteiger partial charge in [-0.05, 0) is 17.7 Å². The Morgan fingerprint density at radius 3 is 2.65 bits per heavy atom. The van der Waals surface area contributed by atoms with Gasteiger partial charge in [-0.15, -0.1) is 0 Å². The van der Waals surface area contributed by atoms with Gasteiger partial charge in [0.05, 0.1) is 12.0 Å². The highest BCUT2D eigenvalue weighted by Crippen LogP contribution is 2.29. The molecule has 1 rings (SSSR count). The van der Waals surface area contributed by atoms with Crippen molar-refractivity contribution in [2.45, 2.75) is 13.8 Å². The summed E-state index contributed by atoms with van der Waals surface area (Å²) in [5.74, 6) is 0.955. The molecule has 5 nitrogen and oxygen atoms in total. The first kappa shape index (κ1) is 15.8. The Morgan fingerprint density at radius 2 is 2.15 bits per heavy atom. The van der Waals surface area contributed by atoms with Gasteiger partial charge in [0.15, 0.2) is 11.5 Å². The third-order valence-corrected chi connectivity index (χ3v) is 2.66. The van der Waals surface area contributed by atoms with Crippen LogP contribution in [-0.2, 0) is 0 Å². The molecule has 0 fully saturated rings. The van der Waals surface area contributed by atoms with Gasteiger partial charge in [-0.1, -0.05) is 32.6 Å². The molecule has 0 aromatic heterocycles. The molecule has 0 unspecified atom stereocenters. The van der Waals surface area contributed by atoms with Crippen LogP contribution in [0.4, 0.5) is 0 Å². The second-order valence-electron chi connectivity index (χ2n) is 4.49. The molecule has 0 aliphatic rings. The number of nitro groups is 1. The van der Waals surface area contributed by atoms with Crippen LogP contribution in [0.1, 0.15) is 19.4 Å². The van der Waals surface area contributed by atoms with E-state index in [2.05, 4.69) is 6.58 Å². The molecule has 0 spiro atoms. The Kier molecular flexibility index (Phi) is 5.77. The van der Waals surface area contributed by atoms with Gasteiger partial charge in [0.25, 0.3) is 0 Å². The fourth-order valence-corrected chi connectivity index (χ4v) is 1.64. The predicted molar refractivity (Wildman–Crippen MR) is 78.5 cm³/mol. The maximum atomic E-state index is 11.0. The lowest BCUT2D eigenvalue weighted by molar-refractivity contribution is -0.431. The van der Waals surface area contributed by atoms with Crippen molar-refractivity contribution in [3.63, 3.8) is 0 Å². The van der Waals surface area contributed by atoms with E-state index in [0.717, 1.165) is 0 Å². The van der Waals surface area contributed by atoms with Crippen LogP contribution in [0, 0.1) is 16.0 Å². The molecule has 0 radical (unpaired) electrons. The highest BCUT2D eigenvalue weighted by Gasteiger charge is 2.16. The number of hydrogen-bond acceptors (Lipinski definition) is 4. The smallest absolute Gasteiger partial charge is 0.249 e. The third kappa shape index (κ3) is 4.12. The fourth-order valence-electron chi connectivity index (χ4n) is 1.64. The minimum Gasteiger partial charge on any atom is -0.493 e. The summed E-state index contributed by atoms with van der Waals surface area (Å²) in [5, 5.41) is 11.0. The molecule has 0 aliphatic heterocycles. The van der Waals surface area contributed by atoms with Crippen molar-refractivity contribution in [2.24, 2.45) is 5.92 Å². The number of ether oxygens (including phenoxy) is 2. The first-order chi connectivity index (χ1) is 9.49. The predicted octanol–water partition coefficient (Wildman–Crippen LogP) is 3.53. The van der Waals surface area contributed by atoms with Crippen LogP contribution in [0.3, 0.4) is 0 Å². The summed E-state index contributed by atoms with van der Waals surface area (Å²) in [5.41, 5.74) is 0.861. The van der Waals surface area contributed by atoms with E-state index in [4.69, 9.17) is 9.47 Å². The monoisotopic (exact) mass is 277 g/mol. The van der Waals surface area contributed by atoms with Gasteiger partial charge in [0.2, 0.25) is 5.70 Å². The molecule has 5 heteroatoms. The largest absolute Gasteiger partial charge is 0.493 e. The van der Waals surface area contributed by atoms with Gasteiger partial charge >= 0.3 is 0 Å². The molecule has 0 atom stereocenters. The second-order valence-corrected chi connectivity index (χ2v) is 4.49. The highest BCUT2D eigenvalue weighted by atomic mass is 16.6. The average molecular weight is 277 g/mol. The van der Waals surface area contributed by atoms with Gasteiger partial charge in [0.1, 0.15) is 6.61 Å². The molecule has 0 N–H and O–H groups in total. The van der Waals surface area contributed by atoms with Crippen molar-refractivity contribution in [1.82, 2.24) is 0 Å². The number of benzene rings is 1. The van der Waals surface area contributed by atoms with Crippen molar-refractivity contribution >= 4 is 6.08 Å². The number of methoxy groups -OCH3 is 1. The van der Waals surface area contributed by atoms with Crippen LogP contribution < -0.4 is 9.47 Å². The van der Waals surface area contributed by atoms with Gasteiger partial charge in [-0.25, -0.2) is 0 Å². The van der Waals surface area contributed by atoms with Crippen molar-refractivity contribution in [3.05, 3.63) is 52.2 Å². The van der Waals surface area contributed by atoms with E-state index in [0.29, 0.717) is 23.7 Å². The first-order valence-corrected chi connectivity index (χ1v) is 6.27. The quantitative estimate of drug-likeness (QED) is 0.434. The zero-order valence-corrected chi connectivity index (χ0v) is 12.0. The van der Waals surface area contributed by atoms with Crippen molar-refractivity contribution in [2.75, 3.05) is 13.7 Å². The molecule has 1 aromatic rings. The topological polar surface area (TPSA) is 61.6 Å². The third-order valence-electron chi connectivity index (χ3n) is 2.66. The second kappa shape index (κ2) is 7.33. The van der Waals surface area contributed by atoms with E-state index >= 15 is 0 Å². The van der Waals surface area contributed by atoms with Crippen LogP contribution in [0.2, 0.25) is 0 Å². The zero-order chi connectivity index (χ0) is 15.1.